The summed E-state index contributed by atoms with van der Waals surface area (Å²) in [4.78, 5) is 23.2. The second-order valence-electron chi connectivity index (χ2n) is 6.98. The molecule has 1 aliphatic rings. The molecule has 2 N–H and O–H groups in total. The average molecular weight is 495 g/mol. The second-order valence-corrected chi connectivity index (χ2v) is 7.90. The number of piperazine rings is 1. The summed E-state index contributed by atoms with van der Waals surface area (Å²) in [6, 6.07) is 14.8. The van der Waals surface area contributed by atoms with Crippen LogP contribution in [0.3, 0.4) is 0 Å². The average Bonchev–Trinajstić information content (AvgIpc) is 2.75. The Morgan fingerprint density at radius 1 is 0.839 bits per heavy atom. The molecule has 1 saturated heterocycles. The van der Waals surface area contributed by atoms with Gasteiger partial charge in [0.05, 0.1) is 14.2 Å². The van der Waals surface area contributed by atoms with Crippen LogP contribution in [0.1, 0.15) is 11.1 Å². The number of benzene rings is 2. The van der Waals surface area contributed by atoms with Gasteiger partial charge in [0.15, 0.2) is 11.5 Å². The van der Waals surface area contributed by atoms with E-state index in [1.165, 1.54) is 11.1 Å². The van der Waals surface area contributed by atoms with Crippen molar-refractivity contribution in [2.45, 2.75) is 13.1 Å². The normalized spacial score (nSPS) is 14.3. The molecule has 31 heavy (non-hydrogen) atoms. The fraction of sp³-hybridized carbons (Fsp3) is 0.364. The summed E-state index contributed by atoms with van der Waals surface area (Å²) < 4.78 is 11.9. The molecular formula is C22H27BrN2O6. The molecule has 2 aromatic carbocycles. The van der Waals surface area contributed by atoms with Crippen LogP contribution in [0.4, 0.5) is 0 Å². The van der Waals surface area contributed by atoms with Gasteiger partial charge in [0.1, 0.15) is 0 Å². The van der Waals surface area contributed by atoms with Crippen molar-refractivity contribution in [1.29, 1.82) is 0 Å². The lowest BCUT2D eigenvalue weighted by molar-refractivity contribution is -0.159. The highest BCUT2D eigenvalue weighted by atomic mass is 79.9. The maximum absolute atomic E-state index is 9.10. The molecule has 1 fully saturated rings. The van der Waals surface area contributed by atoms with E-state index in [2.05, 4.69) is 62.1 Å². The topological polar surface area (TPSA) is 99.5 Å². The summed E-state index contributed by atoms with van der Waals surface area (Å²) in [5.41, 5.74) is 2.63. The number of hydrogen-bond donors (Lipinski definition) is 2. The first kappa shape index (κ1) is 24.6. The number of ether oxygens (including phenoxy) is 2. The molecule has 0 radical (unpaired) electrons. The smallest absolute Gasteiger partial charge is 0.414 e. The minimum absolute atomic E-state index is 0.782. The number of aliphatic carboxylic acids is 2. The molecule has 2 aromatic rings. The molecule has 0 saturated carbocycles. The van der Waals surface area contributed by atoms with Crippen LogP contribution in [0.25, 0.3) is 0 Å². The Bertz CT molecular complexity index is 872. The lowest BCUT2D eigenvalue weighted by Crippen LogP contribution is -2.45. The van der Waals surface area contributed by atoms with Crippen LogP contribution in [0.15, 0.2) is 46.9 Å². The van der Waals surface area contributed by atoms with E-state index in [-0.39, 0.29) is 0 Å². The summed E-state index contributed by atoms with van der Waals surface area (Å²) >= 11 is 3.55. The summed E-state index contributed by atoms with van der Waals surface area (Å²) in [5, 5.41) is 14.8. The van der Waals surface area contributed by atoms with Gasteiger partial charge in [-0.3, -0.25) is 9.80 Å². The van der Waals surface area contributed by atoms with Gasteiger partial charge >= 0.3 is 11.9 Å². The number of methoxy groups -OCH3 is 2. The highest BCUT2D eigenvalue weighted by Crippen LogP contribution is 2.28. The second kappa shape index (κ2) is 12.3. The molecule has 0 spiro atoms. The zero-order chi connectivity index (χ0) is 22.8. The Balaban J connectivity index is 0.000000501. The first-order valence-electron chi connectivity index (χ1n) is 9.68. The molecule has 168 valence electrons. The van der Waals surface area contributed by atoms with E-state index in [0.29, 0.717) is 0 Å². The third-order valence-corrected chi connectivity index (χ3v) is 5.29. The van der Waals surface area contributed by atoms with Gasteiger partial charge in [-0.15, -0.1) is 0 Å². The maximum atomic E-state index is 9.10. The Morgan fingerprint density at radius 3 is 1.81 bits per heavy atom. The maximum Gasteiger partial charge on any atom is 0.414 e. The highest BCUT2D eigenvalue weighted by Gasteiger charge is 2.17. The first-order valence-corrected chi connectivity index (χ1v) is 10.5. The van der Waals surface area contributed by atoms with Crippen LogP contribution in [0.5, 0.6) is 11.5 Å². The van der Waals surface area contributed by atoms with Crippen LogP contribution >= 0.6 is 15.9 Å². The van der Waals surface area contributed by atoms with Crippen LogP contribution < -0.4 is 9.47 Å². The van der Waals surface area contributed by atoms with Crippen LogP contribution in [0.2, 0.25) is 0 Å². The number of carbonyl (C=O) groups is 2. The number of carboxylic acid groups (broad SMARTS) is 2. The van der Waals surface area contributed by atoms with E-state index < -0.39 is 11.9 Å². The molecule has 0 aromatic heterocycles. The quantitative estimate of drug-likeness (QED) is 0.591. The molecule has 1 aliphatic heterocycles. The predicted molar refractivity (Wildman–Crippen MR) is 120 cm³/mol. The molecular weight excluding hydrogens is 468 g/mol. The monoisotopic (exact) mass is 494 g/mol. The molecule has 8 nitrogen and oxygen atoms in total. The minimum atomic E-state index is -1.82. The number of carboxylic acids is 2. The van der Waals surface area contributed by atoms with E-state index in [0.717, 1.165) is 55.2 Å². The van der Waals surface area contributed by atoms with Crippen molar-refractivity contribution in [1.82, 2.24) is 9.80 Å². The molecule has 3 rings (SSSR count). The number of hydrogen-bond acceptors (Lipinski definition) is 6. The van der Waals surface area contributed by atoms with Gasteiger partial charge in [-0.05, 0) is 35.4 Å². The molecule has 0 atom stereocenters. The summed E-state index contributed by atoms with van der Waals surface area (Å²) in [5.74, 6) is -2.07. The van der Waals surface area contributed by atoms with Gasteiger partial charge in [-0.1, -0.05) is 34.1 Å². The van der Waals surface area contributed by atoms with Crippen molar-refractivity contribution in [3.05, 3.63) is 58.1 Å². The Kier molecular flexibility index (Phi) is 9.77. The van der Waals surface area contributed by atoms with Gasteiger partial charge < -0.3 is 19.7 Å². The fourth-order valence-electron chi connectivity index (χ4n) is 3.24. The summed E-state index contributed by atoms with van der Waals surface area (Å²) in [6.07, 6.45) is 0. The number of halogens is 1. The summed E-state index contributed by atoms with van der Waals surface area (Å²) in [7, 11) is 3.35. The number of rotatable bonds is 6. The molecule has 9 heteroatoms. The van der Waals surface area contributed by atoms with Gasteiger partial charge in [0.25, 0.3) is 0 Å². The van der Waals surface area contributed by atoms with Crippen molar-refractivity contribution in [2.24, 2.45) is 0 Å². The van der Waals surface area contributed by atoms with E-state index in [1.807, 2.05) is 6.07 Å². The largest absolute Gasteiger partial charge is 0.493 e. The third-order valence-electron chi connectivity index (χ3n) is 4.80. The SMILES string of the molecule is COc1ccc(CN2CCN(Cc3cccc(Br)c3)CC2)cc1OC.O=C(O)C(=O)O. The molecule has 0 amide bonds. The molecule has 0 unspecified atom stereocenters. The third kappa shape index (κ3) is 8.20. The first-order chi connectivity index (χ1) is 14.8. The van der Waals surface area contributed by atoms with Gasteiger partial charge in [-0.2, -0.15) is 0 Å². The zero-order valence-electron chi connectivity index (χ0n) is 17.6. The van der Waals surface area contributed by atoms with Crippen molar-refractivity contribution >= 4 is 27.9 Å². The Hall–Kier alpha value is -2.62. The Labute approximate surface area is 190 Å². The zero-order valence-corrected chi connectivity index (χ0v) is 19.2. The van der Waals surface area contributed by atoms with E-state index in [9.17, 15) is 0 Å². The predicted octanol–water partition coefficient (Wildman–Crippen LogP) is 2.94. The van der Waals surface area contributed by atoms with Crippen LogP contribution in [0, 0.1) is 0 Å². The Morgan fingerprint density at radius 2 is 1.35 bits per heavy atom. The van der Waals surface area contributed by atoms with Crippen molar-refractivity contribution in [2.75, 3.05) is 40.4 Å². The van der Waals surface area contributed by atoms with Crippen molar-refractivity contribution in [3.63, 3.8) is 0 Å². The van der Waals surface area contributed by atoms with Crippen LogP contribution in [-0.4, -0.2) is 72.4 Å². The van der Waals surface area contributed by atoms with Crippen molar-refractivity contribution in [3.8, 4) is 11.5 Å². The van der Waals surface area contributed by atoms with E-state index in [4.69, 9.17) is 29.3 Å². The van der Waals surface area contributed by atoms with Gasteiger partial charge in [-0.25, -0.2) is 9.59 Å². The van der Waals surface area contributed by atoms with Gasteiger partial charge in [0, 0.05) is 43.7 Å². The lowest BCUT2D eigenvalue weighted by Gasteiger charge is -2.34. The van der Waals surface area contributed by atoms with Gasteiger partial charge in [0.2, 0.25) is 0 Å². The highest BCUT2D eigenvalue weighted by molar-refractivity contribution is 9.10. The summed E-state index contributed by atoms with van der Waals surface area (Å²) in [6.45, 7) is 6.33. The minimum Gasteiger partial charge on any atom is -0.493 e. The fourth-order valence-corrected chi connectivity index (χ4v) is 3.68. The lowest BCUT2D eigenvalue weighted by atomic mass is 10.1. The van der Waals surface area contributed by atoms with Crippen LogP contribution in [-0.2, 0) is 22.7 Å². The van der Waals surface area contributed by atoms with E-state index >= 15 is 0 Å². The van der Waals surface area contributed by atoms with Crippen molar-refractivity contribution < 1.29 is 29.3 Å². The molecule has 0 bridgehead atoms. The number of nitrogens with zero attached hydrogens (tertiary/aromatic N) is 2. The standard InChI is InChI=1S/C20H25BrN2O2.C2H2O4/c1-24-19-7-6-17(13-20(19)25-2)15-23-10-8-22(9-11-23)14-16-4-3-5-18(21)12-16;3-1(4)2(5)6/h3-7,12-13H,8-11,14-15H2,1-2H3;(H,3,4)(H,5,6). The van der Waals surface area contributed by atoms with E-state index in [1.54, 1.807) is 14.2 Å². The molecule has 0 aliphatic carbocycles. The molecule has 1 heterocycles.